The van der Waals surface area contributed by atoms with Gasteiger partial charge in [0, 0.05) is 42.8 Å². The van der Waals surface area contributed by atoms with E-state index in [1.54, 1.807) is 0 Å². The highest BCUT2D eigenvalue weighted by atomic mass is 15.1. The molecule has 4 heteroatoms. The van der Waals surface area contributed by atoms with E-state index in [4.69, 9.17) is 11.5 Å². The Hall–Kier alpha value is -2.10. The molecular weight excluding hydrogens is 308 g/mol. The third-order valence-electron chi connectivity index (χ3n) is 4.99. The van der Waals surface area contributed by atoms with E-state index in [-0.39, 0.29) is 0 Å². The molecule has 1 saturated heterocycles. The average molecular weight is 343 g/mol. The van der Waals surface area contributed by atoms with Crippen LogP contribution in [0.3, 0.4) is 0 Å². The summed E-state index contributed by atoms with van der Waals surface area (Å²) in [5, 5.41) is 3.25. The molecule has 1 aromatic rings. The molecular formula is C21H34N4. The third kappa shape index (κ3) is 4.71. The normalized spacial score (nSPS) is 16.6. The number of anilines is 1. The Kier molecular flexibility index (Phi) is 6.80. The van der Waals surface area contributed by atoms with Gasteiger partial charge in [0.15, 0.2) is 0 Å². The molecule has 4 nitrogen and oxygen atoms in total. The summed E-state index contributed by atoms with van der Waals surface area (Å²) in [6.07, 6.45) is 7.80. The van der Waals surface area contributed by atoms with Crippen molar-refractivity contribution in [3.63, 3.8) is 0 Å². The maximum Gasteiger partial charge on any atom is 0.0577 e. The van der Waals surface area contributed by atoms with E-state index in [1.807, 2.05) is 7.05 Å². The van der Waals surface area contributed by atoms with E-state index < -0.39 is 0 Å². The highest BCUT2D eigenvalue weighted by molar-refractivity contribution is 5.72. The van der Waals surface area contributed by atoms with Gasteiger partial charge in [0.05, 0.1) is 5.70 Å². The van der Waals surface area contributed by atoms with Crippen LogP contribution in [0.4, 0.5) is 5.69 Å². The van der Waals surface area contributed by atoms with Gasteiger partial charge in [-0.3, -0.25) is 0 Å². The predicted molar refractivity (Wildman–Crippen MR) is 109 cm³/mol. The zero-order chi connectivity index (χ0) is 18.4. The molecule has 138 valence electrons. The zero-order valence-electron chi connectivity index (χ0n) is 16.3. The van der Waals surface area contributed by atoms with Crippen LogP contribution in [-0.2, 0) is 0 Å². The van der Waals surface area contributed by atoms with Crippen molar-refractivity contribution in [2.45, 2.75) is 52.9 Å². The first kappa shape index (κ1) is 19.2. The second kappa shape index (κ2) is 8.84. The number of hydrogen-bond acceptors (Lipinski definition) is 4. The van der Waals surface area contributed by atoms with Gasteiger partial charge in [-0.1, -0.05) is 19.4 Å². The van der Waals surface area contributed by atoms with Gasteiger partial charge in [0.1, 0.15) is 0 Å². The Morgan fingerprint density at radius 3 is 2.40 bits per heavy atom. The number of rotatable bonds is 6. The lowest BCUT2D eigenvalue weighted by molar-refractivity contribution is 0.289. The lowest BCUT2D eigenvalue weighted by Crippen LogP contribution is -2.31. The maximum atomic E-state index is 6.53. The van der Waals surface area contributed by atoms with E-state index >= 15 is 0 Å². The summed E-state index contributed by atoms with van der Waals surface area (Å²) >= 11 is 0. The summed E-state index contributed by atoms with van der Waals surface area (Å²) in [6, 6.07) is 4.32. The predicted octanol–water partition coefficient (Wildman–Crippen LogP) is 4.10. The topological polar surface area (TPSA) is 67.3 Å². The standard InChI is InChI=1S/C21H34N4/c1-5-9-18(22)21(25-10-7-6-8-11-25)14-19(23)17-13-20(24-4)16(3)12-15(17)2/h12-14,24H,5-11,22-23H2,1-4H3/b19-14-,21-18+. The van der Waals surface area contributed by atoms with Crippen LogP contribution in [0.1, 0.15) is 55.7 Å². The molecule has 1 aromatic carbocycles. The minimum Gasteiger partial charge on any atom is -0.400 e. The minimum atomic E-state index is 0.786. The number of nitrogens with one attached hydrogen (secondary N) is 1. The van der Waals surface area contributed by atoms with Gasteiger partial charge in [-0.25, -0.2) is 0 Å². The monoisotopic (exact) mass is 342 g/mol. The van der Waals surface area contributed by atoms with Gasteiger partial charge in [-0.05, 0) is 62.8 Å². The van der Waals surface area contributed by atoms with E-state index in [0.717, 1.165) is 54.3 Å². The van der Waals surface area contributed by atoms with Crippen LogP contribution >= 0.6 is 0 Å². The molecule has 0 aromatic heterocycles. The first-order valence-corrected chi connectivity index (χ1v) is 9.48. The summed E-state index contributed by atoms with van der Waals surface area (Å²) in [6.45, 7) is 8.52. The molecule has 0 spiro atoms. The van der Waals surface area contributed by atoms with Crippen LogP contribution in [0.15, 0.2) is 29.6 Å². The SMILES string of the molecule is CCC/C(N)=C(/C=C(\N)c1cc(NC)c(C)cc1C)N1CCCCC1. The highest BCUT2D eigenvalue weighted by Gasteiger charge is 2.16. The molecule has 0 unspecified atom stereocenters. The van der Waals surface area contributed by atoms with Crippen molar-refractivity contribution < 1.29 is 0 Å². The smallest absolute Gasteiger partial charge is 0.0577 e. The van der Waals surface area contributed by atoms with E-state index in [9.17, 15) is 0 Å². The van der Waals surface area contributed by atoms with Crippen molar-refractivity contribution in [1.29, 1.82) is 0 Å². The quantitative estimate of drug-likeness (QED) is 0.681. The molecule has 1 fully saturated rings. The van der Waals surface area contributed by atoms with Gasteiger partial charge < -0.3 is 21.7 Å². The van der Waals surface area contributed by atoms with Gasteiger partial charge in [-0.15, -0.1) is 0 Å². The van der Waals surface area contributed by atoms with Gasteiger partial charge in [-0.2, -0.15) is 0 Å². The second-order valence-electron chi connectivity index (χ2n) is 7.04. The molecule has 0 radical (unpaired) electrons. The van der Waals surface area contributed by atoms with E-state index in [1.165, 1.54) is 30.4 Å². The summed E-state index contributed by atoms with van der Waals surface area (Å²) in [5.74, 6) is 0. The molecule has 25 heavy (non-hydrogen) atoms. The van der Waals surface area contributed by atoms with Crippen molar-refractivity contribution in [3.05, 3.63) is 46.3 Å². The van der Waals surface area contributed by atoms with Crippen LogP contribution < -0.4 is 16.8 Å². The number of allylic oxidation sites excluding steroid dienone is 2. The lowest BCUT2D eigenvalue weighted by atomic mass is 9.99. The third-order valence-corrected chi connectivity index (χ3v) is 4.99. The minimum absolute atomic E-state index is 0.786. The second-order valence-corrected chi connectivity index (χ2v) is 7.04. The molecule has 0 saturated carbocycles. The summed E-state index contributed by atoms with van der Waals surface area (Å²) < 4.78 is 0. The Balaban J connectivity index is 2.43. The van der Waals surface area contributed by atoms with Crippen LogP contribution in [0.5, 0.6) is 0 Å². The fraction of sp³-hybridized carbons (Fsp3) is 0.524. The zero-order valence-corrected chi connectivity index (χ0v) is 16.3. The molecule has 0 amide bonds. The number of aryl methyl sites for hydroxylation is 2. The summed E-state index contributed by atoms with van der Waals surface area (Å²) in [5.41, 5.74) is 20.4. The van der Waals surface area contributed by atoms with Crippen LogP contribution in [0, 0.1) is 13.8 Å². The van der Waals surface area contributed by atoms with Crippen molar-refractivity contribution in [3.8, 4) is 0 Å². The molecule has 0 bridgehead atoms. The number of nitrogens with zero attached hydrogens (tertiary/aromatic N) is 1. The Bertz CT molecular complexity index is 652. The molecule has 2 rings (SSSR count). The molecule has 1 aliphatic rings. The van der Waals surface area contributed by atoms with E-state index in [0.29, 0.717) is 0 Å². The summed E-state index contributed by atoms with van der Waals surface area (Å²) in [7, 11) is 1.94. The number of hydrogen-bond donors (Lipinski definition) is 3. The van der Waals surface area contributed by atoms with Crippen molar-refractivity contribution in [1.82, 2.24) is 4.90 Å². The Morgan fingerprint density at radius 1 is 1.12 bits per heavy atom. The van der Waals surface area contributed by atoms with Gasteiger partial charge in [0.2, 0.25) is 0 Å². The number of nitrogens with two attached hydrogens (primary N) is 2. The summed E-state index contributed by atoms with van der Waals surface area (Å²) in [4.78, 5) is 2.41. The molecule has 1 heterocycles. The Labute approximate surface area is 153 Å². The van der Waals surface area contributed by atoms with Crippen molar-refractivity contribution >= 4 is 11.4 Å². The first-order valence-electron chi connectivity index (χ1n) is 9.48. The highest BCUT2D eigenvalue weighted by Crippen LogP contribution is 2.26. The molecule has 1 aliphatic heterocycles. The molecule has 0 aliphatic carbocycles. The van der Waals surface area contributed by atoms with Crippen LogP contribution in [0.2, 0.25) is 0 Å². The van der Waals surface area contributed by atoms with E-state index in [2.05, 4.69) is 49.2 Å². The van der Waals surface area contributed by atoms with Crippen molar-refractivity contribution in [2.24, 2.45) is 11.5 Å². The van der Waals surface area contributed by atoms with Crippen molar-refractivity contribution in [2.75, 3.05) is 25.5 Å². The molecule has 5 N–H and O–H groups in total. The number of piperidine rings is 1. The average Bonchev–Trinajstić information content (AvgIpc) is 2.60. The largest absolute Gasteiger partial charge is 0.400 e. The Morgan fingerprint density at radius 2 is 1.80 bits per heavy atom. The number of benzene rings is 1. The fourth-order valence-electron chi connectivity index (χ4n) is 3.58. The fourth-order valence-corrected chi connectivity index (χ4v) is 3.58. The maximum absolute atomic E-state index is 6.53. The van der Waals surface area contributed by atoms with Gasteiger partial charge >= 0.3 is 0 Å². The van der Waals surface area contributed by atoms with Gasteiger partial charge in [0.25, 0.3) is 0 Å². The van der Waals surface area contributed by atoms with Crippen LogP contribution in [-0.4, -0.2) is 25.0 Å². The number of likely N-dealkylation sites (tertiary alicyclic amines) is 1. The lowest BCUT2D eigenvalue weighted by Gasteiger charge is -2.31. The first-order chi connectivity index (χ1) is 12.0. The molecule has 0 atom stereocenters. The van der Waals surface area contributed by atoms with Crippen LogP contribution in [0.25, 0.3) is 5.70 Å².